The summed E-state index contributed by atoms with van der Waals surface area (Å²) in [6.07, 6.45) is 7.95. The molecule has 1 aliphatic carbocycles. The first-order valence-corrected chi connectivity index (χ1v) is 5.69. The molecule has 1 saturated carbocycles. The van der Waals surface area contributed by atoms with Crippen LogP contribution in [0.2, 0.25) is 0 Å². The summed E-state index contributed by atoms with van der Waals surface area (Å²) in [7, 11) is 1.91. The summed E-state index contributed by atoms with van der Waals surface area (Å²) in [6.45, 7) is 0. The average Bonchev–Trinajstić information content (AvgIpc) is 2.45. The minimum absolute atomic E-state index is 0.324. The minimum atomic E-state index is 0.324. The number of nitrogens with zero attached hydrogens (tertiary/aromatic N) is 3. The molecular weight excluding hydrogens is 198 g/mol. The topological polar surface area (TPSA) is 30.7 Å². The SMILES string of the molecule is Cn1cc(C2CCCCC(Cl)C2)nn1. The molecule has 0 bridgehead atoms. The highest BCUT2D eigenvalue weighted by Crippen LogP contribution is 2.32. The molecule has 1 aromatic rings. The lowest BCUT2D eigenvalue weighted by Gasteiger charge is -2.12. The first kappa shape index (κ1) is 9.97. The molecule has 2 atom stereocenters. The lowest BCUT2D eigenvalue weighted by molar-refractivity contribution is 0.578. The fourth-order valence-electron chi connectivity index (χ4n) is 2.12. The quantitative estimate of drug-likeness (QED) is 0.530. The number of rotatable bonds is 1. The van der Waals surface area contributed by atoms with Crippen LogP contribution >= 0.6 is 11.6 Å². The number of aromatic nitrogens is 3. The molecule has 0 amide bonds. The van der Waals surface area contributed by atoms with Gasteiger partial charge in [-0.15, -0.1) is 16.7 Å². The number of hydrogen-bond acceptors (Lipinski definition) is 2. The Balaban J connectivity index is 2.08. The van der Waals surface area contributed by atoms with Crippen LogP contribution < -0.4 is 0 Å². The maximum atomic E-state index is 6.22. The second kappa shape index (κ2) is 4.30. The zero-order valence-corrected chi connectivity index (χ0v) is 9.24. The summed E-state index contributed by atoms with van der Waals surface area (Å²) in [5.41, 5.74) is 1.11. The molecular formula is C10H16ClN3. The number of alkyl halides is 1. The highest BCUT2D eigenvalue weighted by atomic mass is 35.5. The lowest BCUT2D eigenvalue weighted by atomic mass is 9.97. The molecule has 0 radical (unpaired) electrons. The van der Waals surface area contributed by atoms with Gasteiger partial charge in [-0.25, -0.2) is 0 Å². The second-order valence-electron chi connectivity index (χ2n) is 4.13. The zero-order chi connectivity index (χ0) is 9.97. The lowest BCUT2D eigenvalue weighted by Crippen LogP contribution is -2.04. The fourth-order valence-corrected chi connectivity index (χ4v) is 2.49. The first-order chi connectivity index (χ1) is 6.75. The van der Waals surface area contributed by atoms with E-state index in [2.05, 4.69) is 10.3 Å². The molecule has 2 rings (SSSR count). The summed E-state index contributed by atoms with van der Waals surface area (Å²) >= 11 is 6.22. The third kappa shape index (κ3) is 2.27. The molecule has 0 aliphatic heterocycles. The van der Waals surface area contributed by atoms with E-state index in [1.807, 2.05) is 13.2 Å². The predicted octanol–water partition coefficient (Wildman–Crippen LogP) is 2.47. The minimum Gasteiger partial charge on any atom is -0.255 e. The number of hydrogen-bond donors (Lipinski definition) is 0. The molecule has 3 nitrogen and oxygen atoms in total. The fraction of sp³-hybridized carbons (Fsp3) is 0.800. The van der Waals surface area contributed by atoms with Crippen molar-refractivity contribution >= 4 is 11.6 Å². The largest absolute Gasteiger partial charge is 0.255 e. The molecule has 78 valence electrons. The standard InChI is InChI=1S/C10H16ClN3/c1-14-7-10(12-13-14)8-4-2-3-5-9(11)6-8/h7-9H,2-6H2,1H3. The Kier molecular flexibility index (Phi) is 3.06. The Labute approximate surface area is 89.4 Å². The van der Waals surface area contributed by atoms with Gasteiger partial charge in [-0.2, -0.15) is 0 Å². The van der Waals surface area contributed by atoms with Crippen molar-refractivity contribution in [2.24, 2.45) is 7.05 Å². The van der Waals surface area contributed by atoms with Crippen LogP contribution in [0.4, 0.5) is 0 Å². The van der Waals surface area contributed by atoms with E-state index >= 15 is 0 Å². The Bertz CT molecular complexity index is 297. The molecule has 0 N–H and O–H groups in total. The van der Waals surface area contributed by atoms with Gasteiger partial charge in [0.2, 0.25) is 0 Å². The van der Waals surface area contributed by atoms with Crippen LogP contribution in [0.5, 0.6) is 0 Å². The van der Waals surface area contributed by atoms with Gasteiger partial charge in [0.1, 0.15) is 0 Å². The summed E-state index contributed by atoms with van der Waals surface area (Å²) in [5, 5.41) is 8.46. The van der Waals surface area contributed by atoms with E-state index in [1.54, 1.807) is 4.68 Å². The molecule has 1 fully saturated rings. The van der Waals surface area contributed by atoms with Crippen molar-refractivity contribution in [1.82, 2.24) is 15.0 Å². The highest BCUT2D eigenvalue weighted by molar-refractivity contribution is 6.20. The Morgan fingerprint density at radius 3 is 2.93 bits per heavy atom. The van der Waals surface area contributed by atoms with E-state index in [0.717, 1.165) is 18.5 Å². The third-order valence-electron chi connectivity index (χ3n) is 2.90. The van der Waals surface area contributed by atoms with E-state index in [-0.39, 0.29) is 0 Å². The third-order valence-corrected chi connectivity index (χ3v) is 3.30. The molecule has 1 heterocycles. The molecule has 0 aromatic carbocycles. The normalized spacial score (nSPS) is 28.7. The van der Waals surface area contributed by atoms with Crippen LogP contribution in [-0.4, -0.2) is 20.4 Å². The maximum absolute atomic E-state index is 6.22. The van der Waals surface area contributed by atoms with Gasteiger partial charge in [0, 0.05) is 24.5 Å². The Morgan fingerprint density at radius 1 is 1.43 bits per heavy atom. The van der Waals surface area contributed by atoms with Crippen LogP contribution in [-0.2, 0) is 7.05 Å². The Morgan fingerprint density at radius 2 is 2.21 bits per heavy atom. The summed E-state index contributed by atoms with van der Waals surface area (Å²) < 4.78 is 1.77. The van der Waals surface area contributed by atoms with Crippen molar-refractivity contribution in [2.45, 2.75) is 43.4 Å². The van der Waals surface area contributed by atoms with Crippen molar-refractivity contribution in [3.8, 4) is 0 Å². The van der Waals surface area contributed by atoms with Gasteiger partial charge in [-0.1, -0.05) is 18.1 Å². The smallest absolute Gasteiger partial charge is 0.0858 e. The van der Waals surface area contributed by atoms with Gasteiger partial charge in [0.25, 0.3) is 0 Å². The van der Waals surface area contributed by atoms with Crippen molar-refractivity contribution in [3.63, 3.8) is 0 Å². The molecule has 2 unspecified atom stereocenters. The summed E-state index contributed by atoms with van der Waals surface area (Å²) in [5.74, 6) is 0.522. The zero-order valence-electron chi connectivity index (χ0n) is 8.49. The van der Waals surface area contributed by atoms with Gasteiger partial charge in [-0.05, 0) is 19.3 Å². The van der Waals surface area contributed by atoms with Crippen LogP contribution in [0.25, 0.3) is 0 Å². The monoisotopic (exact) mass is 213 g/mol. The van der Waals surface area contributed by atoms with Gasteiger partial charge in [0.05, 0.1) is 5.69 Å². The van der Waals surface area contributed by atoms with Gasteiger partial charge >= 0.3 is 0 Å². The van der Waals surface area contributed by atoms with Gasteiger partial charge < -0.3 is 0 Å². The van der Waals surface area contributed by atoms with Crippen molar-refractivity contribution < 1.29 is 0 Å². The molecule has 0 saturated heterocycles. The molecule has 0 spiro atoms. The predicted molar refractivity (Wildman–Crippen MR) is 56.5 cm³/mol. The van der Waals surface area contributed by atoms with Crippen LogP contribution in [0.15, 0.2) is 6.20 Å². The van der Waals surface area contributed by atoms with E-state index in [1.165, 1.54) is 19.3 Å². The van der Waals surface area contributed by atoms with Crippen molar-refractivity contribution in [3.05, 3.63) is 11.9 Å². The van der Waals surface area contributed by atoms with E-state index in [0.29, 0.717) is 11.3 Å². The van der Waals surface area contributed by atoms with E-state index < -0.39 is 0 Å². The molecule has 1 aliphatic rings. The van der Waals surface area contributed by atoms with Crippen molar-refractivity contribution in [1.29, 1.82) is 0 Å². The van der Waals surface area contributed by atoms with E-state index in [4.69, 9.17) is 11.6 Å². The molecule has 1 aromatic heterocycles. The highest BCUT2D eigenvalue weighted by Gasteiger charge is 2.21. The Hall–Kier alpha value is -0.570. The molecule has 4 heteroatoms. The van der Waals surface area contributed by atoms with Gasteiger partial charge in [-0.3, -0.25) is 4.68 Å². The van der Waals surface area contributed by atoms with Crippen LogP contribution in [0.1, 0.15) is 43.7 Å². The molecule has 14 heavy (non-hydrogen) atoms. The average molecular weight is 214 g/mol. The second-order valence-corrected chi connectivity index (χ2v) is 4.75. The first-order valence-electron chi connectivity index (χ1n) is 5.26. The number of aryl methyl sites for hydroxylation is 1. The number of halogens is 1. The van der Waals surface area contributed by atoms with E-state index in [9.17, 15) is 0 Å². The van der Waals surface area contributed by atoms with Gasteiger partial charge in [0.15, 0.2) is 0 Å². The van der Waals surface area contributed by atoms with Crippen molar-refractivity contribution in [2.75, 3.05) is 0 Å². The van der Waals surface area contributed by atoms with Crippen LogP contribution in [0.3, 0.4) is 0 Å². The van der Waals surface area contributed by atoms with Crippen LogP contribution in [0, 0.1) is 0 Å². The summed E-state index contributed by atoms with van der Waals surface area (Å²) in [6, 6.07) is 0. The summed E-state index contributed by atoms with van der Waals surface area (Å²) in [4.78, 5) is 0. The maximum Gasteiger partial charge on any atom is 0.0858 e.